The van der Waals surface area contributed by atoms with Crippen LogP contribution in [0.4, 0.5) is 10.1 Å². The van der Waals surface area contributed by atoms with Crippen LogP contribution in [0.25, 0.3) is 0 Å². The fourth-order valence-electron chi connectivity index (χ4n) is 3.61. The van der Waals surface area contributed by atoms with E-state index in [0.29, 0.717) is 17.0 Å². The van der Waals surface area contributed by atoms with Gasteiger partial charge >= 0.3 is 5.97 Å². The van der Waals surface area contributed by atoms with Crippen LogP contribution < -0.4 is 4.90 Å². The number of rotatable bonds is 2. The number of hydrogen-bond acceptors (Lipinski definition) is 3. The molecule has 4 rings (SSSR count). The van der Waals surface area contributed by atoms with Gasteiger partial charge in [-0.05, 0) is 36.2 Å². The van der Waals surface area contributed by atoms with Crippen LogP contribution in [-0.2, 0) is 14.3 Å². The molecule has 1 atom stereocenters. The van der Waals surface area contributed by atoms with E-state index < -0.39 is 11.8 Å². The minimum atomic E-state index is -0.432. The largest absolute Gasteiger partial charge is 0.456 e. The number of benzene rings is 2. The predicted octanol–water partition coefficient (Wildman–Crippen LogP) is 3.47. The highest BCUT2D eigenvalue weighted by atomic mass is 19.1. The van der Waals surface area contributed by atoms with Crippen molar-refractivity contribution in [2.45, 2.75) is 19.3 Å². The Morgan fingerprint density at radius 1 is 1.12 bits per heavy atom. The van der Waals surface area contributed by atoms with Crippen molar-refractivity contribution in [3.8, 4) is 0 Å². The third-order valence-corrected chi connectivity index (χ3v) is 4.75. The Bertz CT molecular complexity index is 919. The molecule has 2 heterocycles. The Kier molecular flexibility index (Phi) is 3.64. The Labute approximate surface area is 144 Å². The van der Waals surface area contributed by atoms with E-state index in [-0.39, 0.29) is 24.9 Å². The van der Waals surface area contributed by atoms with Gasteiger partial charge in [0.1, 0.15) is 12.4 Å². The first-order valence-electron chi connectivity index (χ1n) is 8.10. The van der Waals surface area contributed by atoms with Gasteiger partial charge in [0.05, 0.1) is 17.0 Å². The van der Waals surface area contributed by atoms with Gasteiger partial charge in [0.15, 0.2) is 0 Å². The van der Waals surface area contributed by atoms with Crippen LogP contribution in [0.1, 0.15) is 23.5 Å². The number of carbonyl (C=O) groups is 2. The number of nitrogens with zero attached hydrogens (tertiary/aromatic N) is 1. The van der Waals surface area contributed by atoms with E-state index >= 15 is 0 Å². The van der Waals surface area contributed by atoms with Crippen LogP contribution in [0, 0.1) is 12.7 Å². The summed E-state index contributed by atoms with van der Waals surface area (Å²) in [6.45, 7) is 1.98. The molecule has 4 nitrogen and oxygen atoms in total. The Balaban J connectivity index is 1.86. The van der Waals surface area contributed by atoms with Crippen LogP contribution in [0.2, 0.25) is 0 Å². The zero-order valence-corrected chi connectivity index (χ0v) is 13.7. The molecule has 0 N–H and O–H groups in total. The molecule has 2 aromatic carbocycles. The smallest absolute Gasteiger partial charge is 0.336 e. The molecule has 126 valence electrons. The van der Waals surface area contributed by atoms with Crippen molar-refractivity contribution < 1.29 is 18.7 Å². The molecule has 0 aromatic heterocycles. The minimum absolute atomic E-state index is 0.0266. The summed E-state index contributed by atoms with van der Waals surface area (Å²) in [5.41, 5.74) is 3.39. The molecular weight excluding hydrogens is 321 g/mol. The number of amides is 1. The highest BCUT2D eigenvalue weighted by Crippen LogP contribution is 2.42. The molecule has 1 unspecified atom stereocenters. The maximum Gasteiger partial charge on any atom is 0.336 e. The lowest BCUT2D eigenvalue weighted by molar-refractivity contribution is -0.136. The van der Waals surface area contributed by atoms with Gasteiger partial charge < -0.3 is 4.74 Å². The molecule has 0 radical (unpaired) electrons. The molecule has 0 spiro atoms. The molecule has 0 fully saturated rings. The zero-order valence-electron chi connectivity index (χ0n) is 13.7. The monoisotopic (exact) mass is 337 g/mol. The summed E-state index contributed by atoms with van der Waals surface area (Å²) in [5.74, 6) is -1.34. The number of anilines is 1. The van der Waals surface area contributed by atoms with Crippen molar-refractivity contribution in [2.24, 2.45) is 0 Å². The zero-order chi connectivity index (χ0) is 17.6. The van der Waals surface area contributed by atoms with Gasteiger partial charge in [0, 0.05) is 12.3 Å². The summed E-state index contributed by atoms with van der Waals surface area (Å²) < 4.78 is 18.8. The van der Waals surface area contributed by atoms with Crippen molar-refractivity contribution >= 4 is 17.6 Å². The van der Waals surface area contributed by atoms with Gasteiger partial charge in [-0.1, -0.05) is 30.3 Å². The fourth-order valence-corrected chi connectivity index (χ4v) is 3.61. The summed E-state index contributed by atoms with van der Waals surface area (Å²) >= 11 is 0. The van der Waals surface area contributed by atoms with Gasteiger partial charge in [-0.25, -0.2) is 9.18 Å². The van der Waals surface area contributed by atoms with E-state index in [1.165, 1.54) is 17.0 Å². The van der Waals surface area contributed by atoms with E-state index in [2.05, 4.69) is 0 Å². The molecule has 5 heteroatoms. The average Bonchev–Trinajstić information content (AvgIpc) is 2.96. The Hall–Kier alpha value is -2.95. The summed E-state index contributed by atoms with van der Waals surface area (Å²) in [4.78, 5) is 26.6. The number of esters is 1. The normalized spacial score (nSPS) is 19.9. The number of cyclic esters (lactones) is 1. The summed E-state index contributed by atoms with van der Waals surface area (Å²) in [6, 6.07) is 13.5. The van der Waals surface area contributed by atoms with Crippen molar-refractivity contribution in [1.29, 1.82) is 0 Å². The molecule has 1 amide bonds. The first kappa shape index (κ1) is 15.6. The Morgan fingerprint density at radius 2 is 1.92 bits per heavy atom. The Morgan fingerprint density at radius 3 is 2.68 bits per heavy atom. The molecule has 0 aliphatic carbocycles. The van der Waals surface area contributed by atoms with Crippen molar-refractivity contribution in [2.75, 3.05) is 11.5 Å². The topological polar surface area (TPSA) is 46.6 Å². The van der Waals surface area contributed by atoms with Crippen molar-refractivity contribution in [3.63, 3.8) is 0 Å². The number of hydrogen-bond donors (Lipinski definition) is 0. The number of carbonyl (C=O) groups excluding carboxylic acids is 2. The fraction of sp³-hybridized carbons (Fsp3) is 0.200. The highest BCUT2D eigenvalue weighted by molar-refractivity contribution is 6.06. The highest BCUT2D eigenvalue weighted by Gasteiger charge is 2.43. The first-order chi connectivity index (χ1) is 12.1. The number of aryl methyl sites for hydroxylation is 1. The lowest BCUT2D eigenvalue weighted by Gasteiger charge is -2.32. The third-order valence-electron chi connectivity index (χ3n) is 4.75. The lowest BCUT2D eigenvalue weighted by atomic mass is 9.82. The predicted molar refractivity (Wildman–Crippen MR) is 90.4 cm³/mol. The van der Waals surface area contributed by atoms with Gasteiger partial charge in [-0.3, -0.25) is 9.69 Å². The number of halogens is 1. The van der Waals surface area contributed by atoms with Crippen LogP contribution in [0.3, 0.4) is 0 Å². The van der Waals surface area contributed by atoms with E-state index in [0.717, 1.165) is 11.1 Å². The summed E-state index contributed by atoms with van der Waals surface area (Å²) in [7, 11) is 0. The quantitative estimate of drug-likeness (QED) is 0.789. The molecule has 25 heavy (non-hydrogen) atoms. The molecular formula is C20H16FNO3. The van der Waals surface area contributed by atoms with E-state index in [1.54, 1.807) is 12.1 Å². The van der Waals surface area contributed by atoms with Gasteiger partial charge in [0.25, 0.3) is 0 Å². The van der Waals surface area contributed by atoms with Crippen LogP contribution in [-0.4, -0.2) is 18.5 Å². The van der Waals surface area contributed by atoms with Crippen molar-refractivity contribution in [1.82, 2.24) is 0 Å². The number of ether oxygens (including phenoxy) is 1. The second-order valence-corrected chi connectivity index (χ2v) is 6.26. The van der Waals surface area contributed by atoms with Crippen LogP contribution >= 0.6 is 0 Å². The average molecular weight is 337 g/mol. The standard InChI is InChI=1S/C20H16FNO3/c1-12-5-2-3-8-15(12)16-10-18(23)22(14-7-4-6-13(21)9-14)17-11-25-20(24)19(16)17/h2-9,16H,10-11H2,1H3. The van der Waals surface area contributed by atoms with E-state index in [1.807, 2.05) is 31.2 Å². The molecule has 0 bridgehead atoms. The van der Waals surface area contributed by atoms with Gasteiger partial charge in [0.2, 0.25) is 5.91 Å². The van der Waals surface area contributed by atoms with Crippen molar-refractivity contribution in [3.05, 3.63) is 76.7 Å². The molecule has 2 aromatic rings. The lowest BCUT2D eigenvalue weighted by Crippen LogP contribution is -2.37. The van der Waals surface area contributed by atoms with E-state index in [4.69, 9.17) is 4.74 Å². The van der Waals surface area contributed by atoms with Crippen LogP contribution in [0.15, 0.2) is 59.8 Å². The molecule has 0 saturated heterocycles. The molecule has 2 aliphatic heterocycles. The maximum absolute atomic E-state index is 13.6. The first-order valence-corrected chi connectivity index (χ1v) is 8.10. The maximum atomic E-state index is 13.6. The summed E-state index contributed by atoms with van der Waals surface area (Å²) in [6.07, 6.45) is 0.148. The van der Waals surface area contributed by atoms with Gasteiger partial charge in [-0.15, -0.1) is 0 Å². The second-order valence-electron chi connectivity index (χ2n) is 6.26. The third kappa shape index (κ3) is 2.52. The molecule has 0 saturated carbocycles. The van der Waals surface area contributed by atoms with E-state index in [9.17, 15) is 14.0 Å². The minimum Gasteiger partial charge on any atom is -0.456 e. The second kappa shape index (κ2) is 5.84. The summed E-state index contributed by atoms with van der Waals surface area (Å²) in [5, 5.41) is 0. The molecule has 2 aliphatic rings. The van der Waals surface area contributed by atoms with Crippen LogP contribution in [0.5, 0.6) is 0 Å². The SMILES string of the molecule is Cc1ccccc1C1CC(=O)N(c2cccc(F)c2)C2=C1C(=O)OC2. The van der Waals surface area contributed by atoms with Gasteiger partial charge in [-0.2, -0.15) is 0 Å².